The van der Waals surface area contributed by atoms with Crippen molar-refractivity contribution in [1.82, 2.24) is 5.32 Å². The summed E-state index contributed by atoms with van der Waals surface area (Å²) in [7, 11) is 0. The molecule has 1 amide bonds. The lowest BCUT2D eigenvalue weighted by molar-refractivity contribution is 0.0948. The zero-order valence-corrected chi connectivity index (χ0v) is 7.81. The molecule has 0 fully saturated rings. The summed E-state index contributed by atoms with van der Waals surface area (Å²) < 4.78 is 0. The quantitative estimate of drug-likeness (QED) is 0.618. The normalized spacial score (nSPS) is 12.1. The third-order valence-corrected chi connectivity index (χ3v) is 1.80. The van der Waals surface area contributed by atoms with Crippen molar-refractivity contribution in [2.75, 3.05) is 13.2 Å². The lowest BCUT2D eigenvalue weighted by atomic mass is 10.2. The van der Waals surface area contributed by atoms with Crippen LogP contribution in [0.1, 0.15) is 10.4 Å². The molecule has 0 saturated heterocycles. The van der Waals surface area contributed by atoms with Gasteiger partial charge in [-0.05, 0) is 12.1 Å². The van der Waals surface area contributed by atoms with Gasteiger partial charge in [-0.25, -0.2) is 0 Å². The molecule has 4 heteroatoms. The maximum Gasteiger partial charge on any atom is 0.251 e. The van der Waals surface area contributed by atoms with Crippen molar-refractivity contribution in [3.8, 4) is 0 Å². The minimum absolute atomic E-state index is 0.130. The van der Waals surface area contributed by atoms with Gasteiger partial charge in [-0.15, -0.1) is 0 Å². The first-order valence-corrected chi connectivity index (χ1v) is 4.43. The van der Waals surface area contributed by atoms with E-state index in [1.807, 2.05) is 6.07 Å². The van der Waals surface area contributed by atoms with Gasteiger partial charge in [-0.1, -0.05) is 18.2 Å². The van der Waals surface area contributed by atoms with Crippen LogP contribution in [0.25, 0.3) is 0 Å². The Bertz CT molecular complexity index is 287. The molecule has 1 aromatic rings. The number of aliphatic hydroxyl groups excluding tert-OH is 1. The fraction of sp³-hybridized carbons (Fsp3) is 0.300. The first-order valence-electron chi connectivity index (χ1n) is 4.43. The van der Waals surface area contributed by atoms with Crippen LogP contribution < -0.4 is 11.1 Å². The Morgan fingerprint density at radius 1 is 1.43 bits per heavy atom. The summed E-state index contributed by atoms with van der Waals surface area (Å²) in [5, 5.41) is 11.3. The van der Waals surface area contributed by atoms with Gasteiger partial charge in [0.15, 0.2) is 0 Å². The molecule has 0 aliphatic carbocycles. The van der Waals surface area contributed by atoms with E-state index in [0.717, 1.165) is 0 Å². The number of benzene rings is 1. The molecule has 0 bridgehead atoms. The summed E-state index contributed by atoms with van der Waals surface area (Å²) in [4.78, 5) is 11.4. The molecule has 0 unspecified atom stereocenters. The average Bonchev–Trinajstić information content (AvgIpc) is 2.26. The van der Waals surface area contributed by atoms with E-state index in [1.165, 1.54) is 0 Å². The van der Waals surface area contributed by atoms with Gasteiger partial charge in [0.25, 0.3) is 5.91 Å². The van der Waals surface area contributed by atoms with Crippen molar-refractivity contribution in [2.45, 2.75) is 6.04 Å². The Hall–Kier alpha value is -1.39. The molecular weight excluding hydrogens is 180 g/mol. The SMILES string of the molecule is N[C@H](CO)CNC(=O)c1ccccc1. The van der Waals surface area contributed by atoms with Crippen LogP contribution in [0.3, 0.4) is 0 Å². The third kappa shape index (κ3) is 3.16. The van der Waals surface area contributed by atoms with Crippen LogP contribution >= 0.6 is 0 Å². The molecule has 0 heterocycles. The van der Waals surface area contributed by atoms with E-state index in [4.69, 9.17) is 10.8 Å². The fourth-order valence-electron chi connectivity index (χ4n) is 0.980. The summed E-state index contributed by atoms with van der Waals surface area (Å²) in [5.74, 6) is -0.172. The standard InChI is InChI=1S/C10H14N2O2/c11-9(7-13)6-12-10(14)8-4-2-1-3-5-8/h1-5,9,13H,6-7,11H2,(H,12,14)/t9-/m0/s1. The highest BCUT2D eigenvalue weighted by molar-refractivity contribution is 5.94. The second-order valence-corrected chi connectivity index (χ2v) is 3.02. The van der Waals surface area contributed by atoms with E-state index in [2.05, 4.69) is 5.32 Å². The maximum absolute atomic E-state index is 11.4. The molecule has 0 aliphatic heterocycles. The first kappa shape index (κ1) is 10.7. The molecule has 0 aromatic heterocycles. The minimum atomic E-state index is -0.400. The first-order chi connectivity index (χ1) is 6.74. The summed E-state index contributed by atoms with van der Waals surface area (Å²) in [5.41, 5.74) is 6.03. The number of amides is 1. The lowest BCUT2D eigenvalue weighted by Crippen LogP contribution is -2.39. The van der Waals surface area contributed by atoms with Crippen molar-refractivity contribution in [3.63, 3.8) is 0 Å². The molecule has 0 spiro atoms. The second-order valence-electron chi connectivity index (χ2n) is 3.02. The third-order valence-electron chi connectivity index (χ3n) is 1.80. The molecule has 4 N–H and O–H groups in total. The number of hydrogen-bond donors (Lipinski definition) is 3. The number of nitrogens with two attached hydrogens (primary N) is 1. The zero-order chi connectivity index (χ0) is 10.4. The Balaban J connectivity index is 2.44. The van der Waals surface area contributed by atoms with Gasteiger partial charge in [0.1, 0.15) is 0 Å². The Kier molecular flexibility index (Phi) is 4.10. The van der Waals surface area contributed by atoms with Gasteiger partial charge in [0.05, 0.1) is 6.61 Å². The second kappa shape index (κ2) is 5.36. The van der Waals surface area contributed by atoms with Crippen LogP contribution in [-0.4, -0.2) is 30.2 Å². The Labute approximate surface area is 82.7 Å². The van der Waals surface area contributed by atoms with E-state index in [0.29, 0.717) is 5.56 Å². The highest BCUT2D eigenvalue weighted by Gasteiger charge is 2.05. The summed E-state index contributed by atoms with van der Waals surface area (Å²) in [6.45, 7) is 0.152. The van der Waals surface area contributed by atoms with Gasteiger partial charge >= 0.3 is 0 Å². The predicted octanol–water partition coefficient (Wildman–Crippen LogP) is -0.264. The summed E-state index contributed by atoms with van der Waals surface area (Å²) >= 11 is 0. The molecule has 0 saturated carbocycles. The molecule has 1 atom stereocenters. The monoisotopic (exact) mass is 194 g/mol. The van der Waals surface area contributed by atoms with Crippen molar-refractivity contribution in [1.29, 1.82) is 0 Å². The fourth-order valence-corrected chi connectivity index (χ4v) is 0.980. The number of hydrogen-bond acceptors (Lipinski definition) is 3. The summed E-state index contributed by atoms with van der Waals surface area (Å²) in [6, 6.07) is 8.47. The van der Waals surface area contributed by atoms with Crippen molar-refractivity contribution in [2.24, 2.45) is 5.73 Å². The largest absolute Gasteiger partial charge is 0.395 e. The minimum Gasteiger partial charge on any atom is -0.395 e. The Morgan fingerprint density at radius 2 is 2.07 bits per heavy atom. The van der Waals surface area contributed by atoms with Crippen LogP contribution in [0.4, 0.5) is 0 Å². The van der Waals surface area contributed by atoms with Crippen LogP contribution in [-0.2, 0) is 0 Å². The number of carbonyl (C=O) groups is 1. The van der Waals surface area contributed by atoms with Gasteiger partial charge in [0, 0.05) is 18.2 Å². The van der Waals surface area contributed by atoms with Gasteiger partial charge in [-0.3, -0.25) is 4.79 Å². The van der Waals surface area contributed by atoms with E-state index in [-0.39, 0.29) is 19.1 Å². The van der Waals surface area contributed by atoms with Crippen molar-refractivity contribution >= 4 is 5.91 Å². The number of rotatable bonds is 4. The van der Waals surface area contributed by atoms with E-state index >= 15 is 0 Å². The smallest absolute Gasteiger partial charge is 0.251 e. The molecule has 1 rings (SSSR count). The van der Waals surface area contributed by atoms with Crippen molar-refractivity contribution < 1.29 is 9.90 Å². The molecule has 0 radical (unpaired) electrons. The number of aliphatic hydroxyl groups is 1. The average molecular weight is 194 g/mol. The molecule has 4 nitrogen and oxygen atoms in total. The van der Waals surface area contributed by atoms with Crippen LogP contribution in [0.2, 0.25) is 0 Å². The maximum atomic E-state index is 11.4. The lowest BCUT2D eigenvalue weighted by Gasteiger charge is -2.09. The predicted molar refractivity (Wildman–Crippen MR) is 53.8 cm³/mol. The van der Waals surface area contributed by atoms with Crippen molar-refractivity contribution in [3.05, 3.63) is 35.9 Å². The number of carbonyl (C=O) groups excluding carboxylic acids is 1. The Morgan fingerprint density at radius 3 is 2.64 bits per heavy atom. The van der Waals surface area contributed by atoms with Gasteiger partial charge < -0.3 is 16.2 Å². The number of nitrogens with one attached hydrogen (secondary N) is 1. The highest BCUT2D eigenvalue weighted by Crippen LogP contribution is 1.97. The molecule has 76 valence electrons. The van der Waals surface area contributed by atoms with Gasteiger partial charge in [-0.2, -0.15) is 0 Å². The zero-order valence-electron chi connectivity index (χ0n) is 7.81. The molecule has 14 heavy (non-hydrogen) atoms. The van der Waals surface area contributed by atoms with Crippen LogP contribution in [0.15, 0.2) is 30.3 Å². The molecule has 1 aromatic carbocycles. The molecular formula is C10H14N2O2. The van der Waals surface area contributed by atoms with E-state index in [1.54, 1.807) is 24.3 Å². The summed E-state index contributed by atoms with van der Waals surface area (Å²) in [6.07, 6.45) is 0. The van der Waals surface area contributed by atoms with E-state index in [9.17, 15) is 4.79 Å². The topological polar surface area (TPSA) is 75.3 Å². The van der Waals surface area contributed by atoms with Gasteiger partial charge in [0.2, 0.25) is 0 Å². The van der Waals surface area contributed by atoms with E-state index < -0.39 is 6.04 Å². The van der Waals surface area contributed by atoms with Crippen LogP contribution in [0, 0.1) is 0 Å². The molecule has 0 aliphatic rings. The van der Waals surface area contributed by atoms with Crippen LogP contribution in [0.5, 0.6) is 0 Å². The highest BCUT2D eigenvalue weighted by atomic mass is 16.3.